The van der Waals surface area contributed by atoms with Gasteiger partial charge in [-0.1, -0.05) is 25.4 Å². The normalized spacial score (nSPS) is 17.8. The molecule has 0 aromatic carbocycles. The van der Waals surface area contributed by atoms with Gasteiger partial charge in [-0.3, -0.25) is 4.79 Å². The van der Waals surface area contributed by atoms with Gasteiger partial charge >= 0.3 is 5.97 Å². The third-order valence-corrected chi connectivity index (χ3v) is 3.51. The second-order valence-corrected chi connectivity index (χ2v) is 5.06. The summed E-state index contributed by atoms with van der Waals surface area (Å²) in [6.45, 7) is 3.67. The number of carbonyl (C=O) groups is 2. The summed E-state index contributed by atoms with van der Waals surface area (Å²) in [5.41, 5.74) is 0.149. The molecule has 2 rings (SSSR count). The third kappa shape index (κ3) is 3.13. The fraction of sp³-hybridized carbons (Fsp3) is 0.615. The van der Waals surface area contributed by atoms with Crippen LogP contribution in [-0.4, -0.2) is 28.2 Å². The molecule has 1 amide bonds. The number of hydrogen-bond donors (Lipinski definition) is 2. The maximum atomic E-state index is 11.9. The number of nitrogens with zero attached hydrogens (tertiary/aromatic N) is 1. The molecule has 0 saturated heterocycles. The fourth-order valence-corrected chi connectivity index (χ4v) is 1.85. The van der Waals surface area contributed by atoms with E-state index in [1.54, 1.807) is 13.0 Å². The topological polar surface area (TPSA) is 92.4 Å². The van der Waals surface area contributed by atoms with Gasteiger partial charge in [-0.25, -0.2) is 4.79 Å². The molecular formula is C13H18N2O4. The van der Waals surface area contributed by atoms with E-state index in [9.17, 15) is 9.59 Å². The monoisotopic (exact) mass is 266 g/mol. The van der Waals surface area contributed by atoms with Gasteiger partial charge in [0.05, 0.1) is 0 Å². The Morgan fingerprint density at radius 2 is 2.26 bits per heavy atom. The summed E-state index contributed by atoms with van der Waals surface area (Å²) in [5, 5.41) is 15.3. The number of carbonyl (C=O) groups excluding carboxylic acids is 1. The zero-order valence-electron chi connectivity index (χ0n) is 11.0. The summed E-state index contributed by atoms with van der Waals surface area (Å²) in [4.78, 5) is 23.1. The molecular weight excluding hydrogens is 248 g/mol. The molecule has 0 radical (unpaired) electrons. The average Bonchev–Trinajstić information content (AvgIpc) is 3.12. The number of aromatic nitrogens is 1. The molecule has 19 heavy (non-hydrogen) atoms. The Kier molecular flexibility index (Phi) is 3.87. The van der Waals surface area contributed by atoms with Crippen molar-refractivity contribution in [1.82, 2.24) is 10.5 Å². The number of rotatable bonds is 6. The minimum absolute atomic E-state index is 0.142. The van der Waals surface area contributed by atoms with Crippen molar-refractivity contribution >= 4 is 11.9 Å². The lowest BCUT2D eigenvalue weighted by molar-refractivity contribution is -0.140. The zero-order valence-corrected chi connectivity index (χ0v) is 11.0. The lowest BCUT2D eigenvalue weighted by Gasteiger charge is -2.19. The molecule has 6 heteroatoms. The smallest absolute Gasteiger partial charge is 0.326 e. The first-order valence-electron chi connectivity index (χ1n) is 6.53. The van der Waals surface area contributed by atoms with Crippen molar-refractivity contribution in [3.63, 3.8) is 0 Å². The molecule has 6 nitrogen and oxygen atoms in total. The van der Waals surface area contributed by atoms with Crippen LogP contribution in [0.25, 0.3) is 0 Å². The van der Waals surface area contributed by atoms with E-state index in [1.165, 1.54) is 0 Å². The van der Waals surface area contributed by atoms with Crippen LogP contribution < -0.4 is 5.32 Å². The van der Waals surface area contributed by atoms with Crippen molar-refractivity contribution in [3.8, 4) is 0 Å². The summed E-state index contributed by atoms with van der Waals surface area (Å²) in [7, 11) is 0. The SMILES string of the molecule is CCC(C)[C@@H](NC(=O)c1cc(C2CC2)on1)C(=O)O. The van der Waals surface area contributed by atoms with Gasteiger partial charge in [0, 0.05) is 12.0 Å². The number of hydrogen-bond acceptors (Lipinski definition) is 4. The van der Waals surface area contributed by atoms with Crippen LogP contribution in [0.4, 0.5) is 0 Å². The highest BCUT2D eigenvalue weighted by Crippen LogP contribution is 2.40. The van der Waals surface area contributed by atoms with Crippen LogP contribution in [0.2, 0.25) is 0 Å². The molecule has 1 saturated carbocycles. The van der Waals surface area contributed by atoms with Gasteiger partial charge in [-0.05, 0) is 18.8 Å². The predicted octanol–water partition coefficient (Wildman–Crippen LogP) is 1.78. The van der Waals surface area contributed by atoms with Gasteiger partial charge in [0.25, 0.3) is 5.91 Å². The van der Waals surface area contributed by atoms with Crippen molar-refractivity contribution in [3.05, 3.63) is 17.5 Å². The molecule has 0 spiro atoms. The van der Waals surface area contributed by atoms with Crippen molar-refractivity contribution in [2.24, 2.45) is 5.92 Å². The Hall–Kier alpha value is -1.85. The summed E-state index contributed by atoms with van der Waals surface area (Å²) in [6.07, 6.45) is 2.78. The molecule has 0 bridgehead atoms. The van der Waals surface area contributed by atoms with Gasteiger partial charge in [0.15, 0.2) is 5.69 Å². The van der Waals surface area contributed by atoms with Crippen LogP contribution in [0.5, 0.6) is 0 Å². The molecule has 1 aromatic heterocycles. The molecule has 2 N–H and O–H groups in total. The maximum Gasteiger partial charge on any atom is 0.326 e. The van der Waals surface area contributed by atoms with E-state index >= 15 is 0 Å². The molecule has 2 atom stereocenters. The highest BCUT2D eigenvalue weighted by Gasteiger charge is 2.30. The molecule has 1 fully saturated rings. The number of amides is 1. The van der Waals surface area contributed by atoms with E-state index in [2.05, 4.69) is 10.5 Å². The summed E-state index contributed by atoms with van der Waals surface area (Å²) < 4.78 is 5.08. The van der Waals surface area contributed by atoms with Crippen molar-refractivity contribution in [1.29, 1.82) is 0 Å². The lowest BCUT2D eigenvalue weighted by Crippen LogP contribution is -2.45. The quantitative estimate of drug-likeness (QED) is 0.818. The van der Waals surface area contributed by atoms with Gasteiger partial charge < -0.3 is 14.9 Å². The first-order chi connectivity index (χ1) is 9.02. The summed E-state index contributed by atoms with van der Waals surface area (Å²) >= 11 is 0. The molecule has 0 aliphatic heterocycles. The lowest BCUT2D eigenvalue weighted by atomic mass is 9.99. The number of carboxylic acids is 1. The first kappa shape index (κ1) is 13.6. The molecule has 1 aromatic rings. The van der Waals surface area contributed by atoms with E-state index in [0.29, 0.717) is 18.1 Å². The van der Waals surface area contributed by atoms with Gasteiger partial charge in [0.1, 0.15) is 11.8 Å². The first-order valence-corrected chi connectivity index (χ1v) is 6.53. The van der Waals surface area contributed by atoms with Crippen LogP contribution in [0.15, 0.2) is 10.6 Å². The molecule has 104 valence electrons. The second kappa shape index (κ2) is 5.42. The van der Waals surface area contributed by atoms with E-state index in [0.717, 1.165) is 12.8 Å². The molecule has 1 aliphatic rings. The third-order valence-electron chi connectivity index (χ3n) is 3.51. The van der Waals surface area contributed by atoms with Crippen LogP contribution in [-0.2, 0) is 4.79 Å². The Morgan fingerprint density at radius 3 is 2.79 bits per heavy atom. The van der Waals surface area contributed by atoms with E-state index in [4.69, 9.17) is 9.63 Å². The van der Waals surface area contributed by atoms with Crippen molar-refractivity contribution in [2.75, 3.05) is 0 Å². The van der Waals surface area contributed by atoms with Gasteiger partial charge in [0.2, 0.25) is 0 Å². The molecule has 1 aliphatic carbocycles. The summed E-state index contributed by atoms with van der Waals surface area (Å²) in [6, 6.07) is 0.696. The van der Waals surface area contributed by atoms with E-state index in [-0.39, 0.29) is 11.6 Å². The standard InChI is InChI=1S/C13H18N2O4/c1-3-7(2)11(13(17)18)14-12(16)9-6-10(19-15-9)8-4-5-8/h6-8,11H,3-5H2,1-2H3,(H,14,16)(H,17,18)/t7?,11-/m1/s1. The highest BCUT2D eigenvalue weighted by atomic mass is 16.5. The second-order valence-electron chi connectivity index (χ2n) is 5.06. The number of carboxylic acid groups (broad SMARTS) is 1. The largest absolute Gasteiger partial charge is 0.480 e. The summed E-state index contributed by atoms with van der Waals surface area (Å²) in [5.74, 6) is -0.590. The van der Waals surface area contributed by atoms with E-state index in [1.807, 2.05) is 6.92 Å². The minimum Gasteiger partial charge on any atom is -0.480 e. The highest BCUT2D eigenvalue weighted by molar-refractivity contribution is 5.95. The zero-order chi connectivity index (χ0) is 14.0. The number of nitrogens with one attached hydrogen (secondary N) is 1. The Bertz CT molecular complexity index is 479. The Labute approximate surface area is 111 Å². The number of aliphatic carboxylic acids is 1. The Balaban J connectivity index is 2.03. The van der Waals surface area contributed by atoms with Gasteiger partial charge in [-0.2, -0.15) is 0 Å². The van der Waals surface area contributed by atoms with Crippen LogP contribution in [0.3, 0.4) is 0 Å². The molecule has 1 heterocycles. The fourth-order valence-electron chi connectivity index (χ4n) is 1.85. The minimum atomic E-state index is -1.03. The predicted molar refractivity (Wildman–Crippen MR) is 66.8 cm³/mol. The average molecular weight is 266 g/mol. The van der Waals surface area contributed by atoms with Crippen LogP contribution in [0.1, 0.15) is 55.3 Å². The van der Waals surface area contributed by atoms with Crippen molar-refractivity contribution in [2.45, 2.75) is 45.1 Å². The maximum absolute atomic E-state index is 11.9. The van der Waals surface area contributed by atoms with Gasteiger partial charge in [-0.15, -0.1) is 0 Å². The molecule has 1 unspecified atom stereocenters. The van der Waals surface area contributed by atoms with Crippen LogP contribution >= 0.6 is 0 Å². The van der Waals surface area contributed by atoms with E-state index < -0.39 is 17.9 Å². The van der Waals surface area contributed by atoms with Crippen LogP contribution in [0, 0.1) is 5.92 Å². The Morgan fingerprint density at radius 1 is 1.58 bits per heavy atom. The van der Waals surface area contributed by atoms with Crippen molar-refractivity contribution < 1.29 is 19.2 Å².